The van der Waals surface area contributed by atoms with Gasteiger partial charge in [-0.15, -0.1) is 0 Å². The highest BCUT2D eigenvalue weighted by atomic mass is 15.0. The molecule has 0 atom stereocenters. The lowest BCUT2D eigenvalue weighted by atomic mass is 10.0. The molecule has 0 saturated carbocycles. The van der Waals surface area contributed by atoms with Crippen molar-refractivity contribution in [2.75, 3.05) is 0 Å². The summed E-state index contributed by atoms with van der Waals surface area (Å²) in [5.41, 5.74) is 12.1. The highest BCUT2D eigenvalue weighted by molar-refractivity contribution is 6.13. The summed E-state index contributed by atoms with van der Waals surface area (Å²) in [6, 6.07) is 57.6. The fraction of sp³-hybridized carbons (Fsp3) is 0.0233. The largest absolute Gasteiger partial charge is 0.344 e. The van der Waals surface area contributed by atoms with Crippen LogP contribution in [0.15, 0.2) is 158 Å². The average molecular weight is 588 g/mol. The molecule has 216 valence electrons. The summed E-state index contributed by atoms with van der Waals surface area (Å²) in [6.07, 6.45) is 0. The minimum Gasteiger partial charge on any atom is -0.344 e. The number of hydrogen-bond acceptors (Lipinski definition) is 0. The van der Waals surface area contributed by atoms with Gasteiger partial charge in [0.2, 0.25) is 0 Å². The molecule has 0 fully saturated rings. The maximum atomic E-state index is 2.44. The second-order valence-electron chi connectivity index (χ2n) is 12.3. The monoisotopic (exact) mass is 587 g/mol. The lowest BCUT2D eigenvalue weighted by molar-refractivity contribution is 1.01. The Balaban J connectivity index is 1.24. The molecule has 3 heteroatoms. The SMILES string of the molecule is Cn1c2ccccc2c2cc(-n3c4ccccc4c4cc(-n5c6ccccc6c6ccc(-c7ccccc7)cc65)ccc43)ccc21. The average Bonchev–Trinajstić information content (AvgIpc) is 3.73. The summed E-state index contributed by atoms with van der Waals surface area (Å²) in [5.74, 6) is 0. The molecule has 0 saturated heterocycles. The summed E-state index contributed by atoms with van der Waals surface area (Å²) in [7, 11) is 2.16. The van der Waals surface area contributed by atoms with E-state index < -0.39 is 0 Å². The van der Waals surface area contributed by atoms with E-state index in [4.69, 9.17) is 0 Å². The van der Waals surface area contributed by atoms with Crippen LogP contribution in [0.1, 0.15) is 0 Å². The lowest BCUT2D eigenvalue weighted by Gasteiger charge is -2.11. The van der Waals surface area contributed by atoms with Crippen molar-refractivity contribution in [3.8, 4) is 22.5 Å². The predicted octanol–water partition coefficient (Wildman–Crippen LogP) is 11.2. The molecule has 0 aliphatic rings. The van der Waals surface area contributed by atoms with Crippen LogP contribution in [0.5, 0.6) is 0 Å². The number of fused-ring (bicyclic) bond motifs is 9. The van der Waals surface area contributed by atoms with E-state index in [-0.39, 0.29) is 0 Å². The van der Waals surface area contributed by atoms with Crippen molar-refractivity contribution in [3.05, 3.63) is 158 Å². The van der Waals surface area contributed by atoms with Gasteiger partial charge in [0.05, 0.1) is 22.1 Å². The van der Waals surface area contributed by atoms with Gasteiger partial charge >= 0.3 is 0 Å². The van der Waals surface area contributed by atoms with Crippen LogP contribution in [0.4, 0.5) is 0 Å². The van der Waals surface area contributed by atoms with Gasteiger partial charge in [-0.1, -0.05) is 97.1 Å². The zero-order chi connectivity index (χ0) is 30.4. The van der Waals surface area contributed by atoms with E-state index in [0.717, 1.165) is 5.69 Å². The third-order valence-corrected chi connectivity index (χ3v) is 9.85. The number of para-hydroxylation sites is 3. The molecule has 0 aliphatic heterocycles. The minimum atomic E-state index is 1.16. The third kappa shape index (κ3) is 3.48. The molecular weight excluding hydrogens is 558 g/mol. The zero-order valence-corrected chi connectivity index (χ0v) is 25.4. The van der Waals surface area contributed by atoms with Gasteiger partial charge in [0, 0.05) is 61.8 Å². The lowest BCUT2D eigenvalue weighted by Crippen LogP contribution is -1.96. The van der Waals surface area contributed by atoms with Crippen LogP contribution in [0.3, 0.4) is 0 Å². The molecule has 10 aromatic rings. The van der Waals surface area contributed by atoms with E-state index in [1.54, 1.807) is 0 Å². The van der Waals surface area contributed by atoms with Crippen LogP contribution >= 0.6 is 0 Å². The summed E-state index contributed by atoms with van der Waals surface area (Å²) < 4.78 is 7.15. The van der Waals surface area contributed by atoms with Gasteiger partial charge in [0.1, 0.15) is 0 Å². The van der Waals surface area contributed by atoms with E-state index in [2.05, 4.69) is 178 Å². The Morgan fingerprint density at radius 1 is 0.304 bits per heavy atom. The topological polar surface area (TPSA) is 14.8 Å². The van der Waals surface area contributed by atoms with Crippen LogP contribution in [0, 0.1) is 0 Å². The van der Waals surface area contributed by atoms with Gasteiger partial charge in [-0.25, -0.2) is 0 Å². The Morgan fingerprint density at radius 2 is 0.761 bits per heavy atom. The molecule has 7 aromatic carbocycles. The van der Waals surface area contributed by atoms with Crippen molar-refractivity contribution in [3.63, 3.8) is 0 Å². The van der Waals surface area contributed by atoms with Gasteiger partial charge in [0.25, 0.3) is 0 Å². The number of aromatic nitrogens is 3. The molecule has 0 aliphatic carbocycles. The molecule has 3 heterocycles. The van der Waals surface area contributed by atoms with Crippen LogP contribution in [-0.2, 0) is 7.05 Å². The maximum absolute atomic E-state index is 2.44. The first-order valence-corrected chi connectivity index (χ1v) is 15.8. The Hall–Kier alpha value is -6.06. The van der Waals surface area contributed by atoms with Crippen molar-refractivity contribution in [2.45, 2.75) is 0 Å². The molecular formula is C43H29N3. The van der Waals surface area contributed by atoms with E-state index in [1.165, 1.54) is 82.2 Å². The standard InChI is InChI=1S/C43H29N3/c1-44-38-16-8-5-14-33(38)36-26-30(20-23-39(36)44)45-41-18-10-7-15-34(41)37-27-31(21-24-42(37)45)46-40-17-9-6-13-32(40)35-22-19-29(25-43(35)46)28-11-3-2-4-12-28/h2-27H,1H3. The van der Waals surface area contributed by atoms with Crippen LogP contribution < -0.4 is 0 Å². The first kappa shape index (κ1) is 25.3. The number of rotatable bonds is 3. The zero-order valence-electron chi connectivity index (χ0n) is 25.4. The highest BCUT2D eigenvalue weighted by Gasteiger charge is 2.18. The molecule has 0 unspecified atom stereocenters. The number of hydrogen-bond donors (Lipinski definition) is 0. The summed E-state index contributed by atoms with van der Waals surface area (Å²) in [5, 5.41) is 7.59. The van der Waals surface area contributed by atoms with Crippen molar-refractivity contribution < 1.29 is 0 Å². The van der Waals surface area contributed by atoms with Crippen molar-refractivity contribution in [1.82, 2.24) is 13.7 Å². The molecule has 3 aromatic heterocycles. The van der Waals surface area contributed by atoms with E-state index >= 15 is 0 Å². The normalized spacial score (nSPS) is 12.0. The maximum Gasteiger partial charge on any atom is 0.0547 e. The second kappa shape index (κ2) is 9.47. The number of aryl methyl sites for hydroxylation is 1. The predicted molar refractivity (Wildman–Crippen MR) is 195 cm³/mol. The van der Waals surface area contributed by atoms with Crippen LogP contribution in [0.2, 0.25) is 0 Å². The quantitative estimate of drug-likeness (QED) is 0.195. The molecule has 0 amide bonds. The van der Waals surface area contributed by atoms with Crippen LogP contribution in [-0.4, -0.2) is 13.7 Å². The third-order valence-electron chi connectivity index (χ3n) is 9.85. The van der Waals surface area contributed by atoms with Gasteiger partial charge in [-0.2, -0.15) is 0 Å². The molecule has 0 bridgehead atoms. The fourth-order valence-electron chi connectivity index (χ4n) is 7.73. The second-order valence-corrected chi connectivity index (χ2v) is 12.3. The van der Waals surface area contributed by atoms with Gasteiger partial charge in [-0.05, 0) is 71.8 Å². The fourth-order valence-corrected chi connectivity index (χ4v) is 7.73. The van der Waals surface area contributed by atoms with Gasteiger partial charge < -0.3 is 13.7 Å². The van der Waals surface area contributed by atoms with Crippen molar-refractivity contribution in [1.29, 1.82) is 0 Å². The smallest absolute Gasteiger partial charge is 0.0547 e. The Kier molecular flexibility index (Phi) is 5.20. The molecule has 0 radical (unpaired) electrons. The van der Waals surface area contributed by atoms with E-state index in [9.17, 15) is 0 Å². The molecule has 10 rings (SSSR count). The Bertz CT molecular complexity index is 2810. The van der Waals surface area contributed by atoms with Gasteiger partial charge in [0.15, 0.2) is 0 Å². The molecule has 0 spiro atoms. The minimum absolute atomic E-state index is 1.16. The van der Waals surface area contributed by atoms with Crippen molar-refractivity contribution in [2.24, 2.45) is 7.05 Å². The van der Waals surface area contributed by atoms with E-state index in [1.807, 2.05) is 0 Å². The first-order valence-electron chi connectivity index (χ1n) is 15.8. The molecule has 3 nitrogen and oxygen atoms in total. The summed E-state index contributed by atoms with van der Waals surface area (Å²) in [6.45, 7) is 0. The van der Waals surface area contributed by atoms with Crippen LogP contribution in [0.25, 0.3) is 87.9 Å². The number of nitrogens with zero attached hydrogens (tertiary/aromatic N) is 3. The number of benzene rings is 7. The Labute approximate surface area is 265 Å². The summed E-state index contributed by atoms with van der Waals surface area (Å²) >= 11 is 0. The summed E-state index contributed by atoms with van der Waals surface area (Å²) in [4.78, 5) is 0. The Morgan fingerprint density at radius 3 is 1.46 bits per heavy atom. The van der Waals surface area contributed by atoms with Crippen molar-refractivity contribution >= 4 is 65.4 Å². The van der Waals surface area contributed by atoms with E-state index in [0.29, 0.717) is 0 Å². The first-order chi connectivity index (χ1) is 22.7. The molecule has 46 heavy (non-hydrogen) atoms. The van der Waals surface area contributed by atoms with Gasteiger partial charge in [-0.3, -0.25) is 0 Å². The highest BCUT2D eigenvalue weighted by Crippen LogP contribution is 2.39. The molecule has 0 N–H and O–H groups in total.